The molecule has 1 atom stereocenters. The highest BCUT2D eigenvalue weighted by atomic mass is 32.2. The molecule has 0 spiro atoms. The molecule has 186 valence electrons. The van der Waals surface area contributed by atoms with Crippen LogP contribution in [0, 0.1) is 20.8 Å². The fraction of sp³-hybridized carbons (Fsp3) is 0.370. The van der Waals surface area contributed by atoms with Crippen molar-refractivity contribution in [2.75, 3.05) is 33.4 Å². The van der Waals surface area contributed by atoms with E-state index in [1.807, 2.05) is 54.3 Å². The van der Waals surface area contributed by atoms with Crippen LogP contribution in [-0.2, 0) is 26.0 Å². The minimum atomic E-state index is -3.91. The molecular formula is C27H32N2O4S2. The summed E-state index contributed by atoms with van der Waals surface area (Å²) in [4.78, 5) is 17.1. The average Bonchev–Trinajstić information content (AvgIpc) is 3.29. The van der Waals surface area contributed by atoms with Crippen LogP contribution >= 0.6 is 11.3 Å². The predicted octanol–water partition coefficient (Wildman–Crippen LogP) is 4.48. The number of hydrogen-bond acceptors (Lipinski definition) is 5. The second-order valence-electron chi connectivity index (χ2n) is 9.01. The first-order chi connectivity index (χ1) is 16.7. The molecule has 2 heterocycles. The topological polar surface area (TPSA) is 66.9 Å². The summed E-state index contributed by atoms with van der Waals surface area (Å²) in [6.07, 6.45) is 0.767. The van der Waals surface area contributed by atoms with Crippen LogP contribution in [-0.4, -0.2) is 56.9 Å². The van der Waals surface area contributed by atoms with Crippen molar-refractivity contribution in [1.82, 2.24) is 9.21 Å². The minimum absolute atomic E-state index is 0.102. The third kappa shape index (κ3) is 5.21. The fourth-order valence-electron chi connectivity index (χ4n) is 5.00. The molecule has 1 aromatic heterocycles. The van der Waals surface area contributed by atoms with Crippen LogP contribution < -0.4 is 0 Å². The van der Waals surface area contributed by atoms with E-state index >= 15 is 0 Å². The molecule has 0 saturated carbocycles. The molecule has 3 aromatic rings. The number of thiophene rings is 1. The summed E-state index contributed by atoms with van der Waals surface area (Å²) in [6.45, 7) is 6.17. The number of fused-ring (bicyclic) bond motifs is 1. The average molecular weight is 513 g/mol. The normalized spacial score (nSPS) is 15.9. The van der Waals surface area contributed by atoms with E-state index < -0.39 is 10.0 Å². The molecule has 1 aliphatic heterocycles. The van der Waals surface area contributed by atoms with Crippen molar-refractivity contribution in [1.29, 1.82) is 0 Å². The first-order valence-electron chi connectivity index (χ1n) is 11.7. The van der Waals surface area contributed by atoms with Gasteiger partial charge in [0.15, 0.2) is 0 Å². The summed E-state index contributed by atoms with van der Waals surface area (Å²) < 4.78 is 34.1. The van der Waals surface area contributed by atoms with Gasteiger partial charge >= 0.3 is 0 Å². The van der Waals surface area contributed by atoms with Crippen molar-refractivity contribution in [3.8, 4) is 0 Å². The van der Waals surface area contributed by atoms with Gasteiger partial charge in [0.05, 0.1) is 24.1 Å². The van der Waals surface area contributed by atoms with Crippen molar-refractivity contribution in [3.05, 3.63) is 86.6 Å². The van der Waals surface area contributed by atoms with E-state index in [-0.39, 0.29) is 36.5 Å². The molecule has 0 saturated heterocycles. The molecule has 0 fully saturated rings. The zero-order valence-electron chi connectivity index (χ0n) is 20.7. The van der Waals surface area contributed by atoms with Crippen molar-refractivity contribution in [3.63, 3.8) is 0 Å². The molecule has 2 aromatic carbocycles. The second kappa shape index (κ2) is 10.6. The summed E-state index contributed by atoms with van der Waals surface area (Å²) in [5.74, 6) is -0.210. The third-order valence-corrected chi connectivity index (χ3v) is 9.61. The van der Waals surface area contributed by atoms with Gasteiger partial charge < -0.3 is 9.64 Å². The monoisotopic (exact) mass is 512 g/mol. The van der Waals surface area contributed by atoms with Gasteiger partial charge in [0, 0.05) is 25.1 Å². The van der Waals surface area contributed by atoms with Crippen LogP contribution in [0.3, 0.4) is 0 Å². The molecule has 0 N–H and O–H groups in total. The lowest BCUT2D eigenvalue weighted by molar-refractivity contribution is -0.133. The number of sulfonamides is 1. The summed E-state index contributed by atoms with van der Waals surface area (Å²) in [5.41, 5.74) is 4.51. The zero-order chi connectivity index (χ0) is 25.2. The van der Waals surface area contributed by atoms with E-state index in [0.29, 0.717) is 17.7 Å². The Bertz CT molecular complexity index is 1280. The molecule has 8 heteroatoms. The number of methoxy groups -OCH3 is 1. The van der Waals surface area contributed by atoms with Crippen molar-refractivity contribution < 1.29 is 17.9 Å². The maximum absolute atomic E-state index is 13.8. The molecule has 6 nitrogen and oxygen atoms in total. The van der Waals surface area contributed by atoms with Gasteiger partial charge in [0.25, 0.3) is 0 Å². The maximum atomic E-state index is 13.8. The Morgan fingerprint density at radius 2 is 1.80 bits per heavy atom. The van der Waals surface area contributed by atoms with E-state index in [1.54, 1.807) is 25.2 Å². The van der Waals surface area contributed by atoms with Crippen molar-refractivity contribution in [2.24, 2.45) is 0 Å². The number of amides is 1. The Labute approximate surface area is 212 Å². The van der Waals surface area contributed by atoms with Gasteiger partial charge in [-0.3, -0.25) is 4.79 Å². The molecule has 1 unspecified atom stereocenters. The van der Waals surface area contributed by atoms with Crippen LogP contribution in [0.2, 0.25) is 0 Å². The largest absolute Gasteiger partial charge is 0.383 e. The van der Waals surface area contributed by atoms with E-state index in [1.165, 1.54) is 16.3 Å². The van der Waals surface area contributed by atoms with Crippen LogP contribution in [0.5, 0.6) is 0 Å². The Balaban J connectivity index is 1.68. The van der Waals surface area contributed by atoms with Gasteiger partial charge in [-0.15, -0.1) is 11.3 Å². The van der Waals surface area contributed by atoms with Gasteiger partial charge in [-0.25, -0.2) is 8.42 Å². The van der Waals surface area contributed by atoms with Crippen LogP contribution in [0.1, 0.15) is 38.7 Å². The number of ether oxygens (including phenoxy) is 1. The van der Waals surface area contributed by atoms with Crippen molar-refractivity contribution in [2.45, 2.75) is 38.1 Å². The Morgan fingerprint density at radius 1 is 1.11 bits per heavy atom. The fourth-order valence-corrected chi connectivity index (χ4v) is 7.69. The predicted molar refractivity (Wildman–Crippen MR) is 139 cm³/mol. The summed E-state index contributed by atoms with van der Waals surface area (Å²) in [6, 6.07) is 15.5. The van der Waals surface area contributed by atoms with Crippen molar-refractivity contribution >= 4 is 27.3 Å². The van der Waals surface area contributed by atoms with Gasteiger partial charge in [0.2, 0.25) is 15.9 Å². The molecule has 0 bridgehead atoms. The molecule has 1 aliphatic rings. The van der Waals surface area contributed by atoms with E-state index in [2.05, 4.69) is 11.4 Å². The summed E-state index contributed by atoms with van der Waals surface area (Å²) in [7, 11) is -2.38. The Kier molecular flexibility index (Phi) is 7.76. The second-order valence-corrected chi connectivity index (χ2v) is 11.9. The molecule has 4 rings (SSSR count). The van der Waals surface area contributed by atoms with E-state index in [4.69, 9.17) is 4.74 Å². The Hall–Kier alpha value is -2.52. The number of nitrogens with zero attached hydrogens (tertiary/aromatic N) is 2. The first kappa shape index (κ1) is 25.6. The van der Waals surface area contributed by atoms with Crippen LogP contribution in [0.15, 0.2) is 58.8 Å². The number of hydrogen-bond donors (Lipinski definition) is 0. The highest BCUT2D eigenvalue weighted by Gasteiger charge is 2.36. The number of carbonyl (C=O) groups excluding carboxylic acids is 1. The molecule has 0 aliphatic carbocycles. The lowest BCUT2D eigenvalue weighted by atomic mass is 9.93. The summed E-state index contributed by atoms with van der Waals surface area (Å²) >= 11 is 1.71. The number of benzene rings is 2. The SMILES string of the molecule is COCCN(CC(=O)N1CCc2sccc2C1c1ccccc1)S(=O)(=O)c1c(C)cc(C)cc1C. The molecule has 35 heavy (non-hydrogen) atoms. The highest BCUT2D eigenvalue weighted by Crippen LogP contribution is 2.38. The standard InChI is InChI=1S/C27H32N2O4S2/c1-19-16-20(2)27(21(3)17-19)35(31,32)28(13-14-33-4)18-25(30)29-12-10-24-23(11-15-34-24)26(29)22-8-6-5-7-9-22/h5-9,11,15-17,26H,10,12-14,18H2,1-4H3. The van der Waals surface area contributed by atoms with Gasteiger partial charge in [-0.1, -0.05) is 48.0 Å². The van der Waals surface area contributed by atoms with Gasteiger partial charge in [0.1, 0.15) is 0 Å². The van der Waals surface area contributed by atoms with Crippen LogP contribution in [0.25, 0.3) is 0 Å². The molecular weight excluding hydrogens is 480 g/mol. The lowest BCUT2D eigenvalue weighted by Crippen LogP contribution is -2.47. The van der Waals surface area contributed by atoms with Crippen LogP contribution in [0.4, 0.5) is 0 Å². The molecule has 0 radical (unpaired) electrons. The number of rotatable bonds is 8. The maximum Gasteiger partial charge on any atom is 0.244 e. The number of carbonyl (C=O) groups is 1. The highest BCUT2D eigenvalue weighted by molar-refractivity contribution is 7.89. The smallest absolute Gasteiger partial charge is 0.244 e. The first-order valence-corrected chi connectivity index (χ1v) is 14.0. The summed E-state index contributed by atoms with van der Waals surface area (Å²) in [5, 5.41) is 2.06. The number of aryl methyl sites for hydroxylation is 3. The van der Waals surface area contributed by atoms with Gasteiger partial charge in [-0.2, -0.15) is 4.31 Å². The molecule has 1 amide bonds. The quantitative estimate of drug-likeness (QED) is 0.446. The zero-order valence-corrected chi connectivity index (χ0v) is 22.3. The minimum Gasteiger partial charge on any atom is -0.383 e. The van der Waals surface area contributed by atoms with Gasteiger partial charge in [-0.05, 0) is 60.9 Å². The lowest BCUT2D eigenvalue weighted by Gasteiger charge is -2.37. The van der Waals surface area contributed by atoms with E-state index in [0.717, 1.165) is 23.1 Å². The third-order valence-electron chi connectivity index (χ3n) is 6.46. The van der Waals surface area contributed by atoms with E-state index in [9.17, 15) is 13.2 Å². The Morgan fingerprint density at radius 3 is 2.46 bits per heavy atom.